The fourth-order valence-corrected chi connectivity index (χ4v) is 4.54. The monoisotopic (exact) mass is 485 g/mol. The summed E-state index contributed by atoms with van der Waals surface area (Å²) in [5, 5.41) is 12.2. The van der Waals surface area contributed by atoms with Crippen molar-refractivity contribution in [2.45, 2.75) is 57.9 Å². The van der Waals surface area contributed by atoms with E-state index >= 15 is 0 Å². The van der Waals surface area contributed by atoms with E-state index in [0.29, 0.717) is 23.9 Å². The molecule has 0 bridgehead atoms. The summed E-state index contributed by atoms with van der Waals surface area (Å²) in [6.45, 7) is 5.19. The molecule has 3 heterocycles. The molecule has 33 heavy (non-hydrogen) atoms. The molecule has 2 aromatic rings. The van der Waals surface area contributed by atoms with Crippen LogP contribution in [0.15, 0.2) is 12.3 Å². The second-order valence-corrected chi connectivity index (χ2v) is 9.69. The lowest BCUT2D eigenvalue weighted by molar-refractivity contribution is -0.137. The first-order valence-corrected chi connectivity index (χ1v) is 11.2. The number of likely N-dealkylation sites (tertiary alicyclic amines) is 1. The first-order valence-electron chi connectivity index (χ1n) is 10.4. The summed E-state index contributed by atoms with van der Waals surface area (Å²) in [6, 6.07) is 0.584. The van der Waals surface area contributed by atoms with Gasteiger partial charge < -0.3 is 21.1 Å². The average molecular weight is 486 g/mol. The Morgan fingerprint density at radius 1 is 1.33 bits per heavy atom. The summed E-state index contributed by atoms with van der Waals surface area (Å²) < 4.78 is 41.3. The summed E-state index contributed by atoms with van der Waals surface area (Å²) in [4.78, 5) is 35.4. The van der Waals surface area contributed by atoms with Gasteiger partial charge in [0.05, 0.1) is 16.0 Å². The van der Waals surface area contributed by atoms with Gasteiger partial charge in [0, 0.05) is 30.9 Å². The van der Waals surface area contributed by atoms with Gasteiger partial charge in [-0.05, 0) is 46.1 Å². The Labute approximate surface area is 193 Å². The molecule has 1 atom stereocenters. The zero-order valence-corrected chi connectivity index (χ0v) is 19.3. The van der Waals surface area contributed by atoms with Crippen LogP contribution in [0, 0.1) is 0 Å². The fraction of sp³-hybridized carbons (Fsp3) is 0.524. The minimum Gasteiger partial charge on any atom is -0.389 e. The van der Waals surface area contributed by atoms with E-state index in [4.69, 9.17) is 5.73 Å². The SMILES string of the molecule is C[C@H]1CCCCN1C(=O)c1nc(C(=O)NCC(C)(C)O)sc1-c1cnc(N)cc1C(F)(F)F. The van der Waals surface area contributed by atoms with Crippen molar-refractivity contribution < 1.29 is 27.9 Å². The van der Waals surface area contributed by atoms with E-state index in [1.807, 2.05) is 6.92 Å². The molecule has 2 aromatic heterocycles. The number of nitrogens with two attached hydrogens (primary N) is 1. The summed E-state index contributed by atoms with van der Waals surface area (Å²) in [5.74, 6) is -1.57. The molecule has 0 unspecified atom stereocenters. The number of hydrogen-bond donors (Lipinski definition) is 3. The highest BCUT2D eigenvalue weighted by molar-refractivity contribution is 7.17. The van der Waals surface area contributed by atoms with Gasteiger partial charge in [0.2, 0.25) is 0 Å². The first kappa shape index (κ1) is 24.9. The van der Waals surface area contributed by atoms with Crippen molar-refractivity contribution in [2.75, 3.05) is 18.8 Å². The summed E-state index contributed by atoms with van der Waals surface area (Å²) >= 11 is 0.668. The Bertz CT molecular complexity index is 1050. The Balaban J connectivity index is 2.11. The van der Waals surface area contributed by atoms with Crippen molar-refractivity contribution >= 4 is 29.0 Å². The third kappa shape index (κ3) is 5.80. The minimum atomic E-state index is -4.77. The molecule has 0 aromatic carbocycles. The number of carbonyl (C=O) groups excluding carboxylic acids is 2. The maximum Gasteiger partial charge on any atom is 0.417 e. The van der Waals surface area contributed by atoms with Gasteiger partial charge in [-0.15, -0.1) is 11.3 Å². The van der Waals surface area contributed by atoms with Crippen LogP contribution in [0.5, 0.6) is 0 Å². The number of thiazole rings is 1. The van der Waals surface area contributed by atoms with E-state index in [0.717, 1.165) is 25.5 Å². The third-order valence-corrected chi connectivity index (χ3v) is 6.33. The van der Waals surface area contributed by atoms with Gasteiger partial charge in [-0.2, -0.15) is 13.2 Å². The number of amides is 2. The number of pyridine rings is 1. The second kappa shape index (κ2) is 9.26. The van der Waals surface area contributed by atoms with Gasteiger partial charge in [-0.1, -0.05) is 0 Å². The van der Waals surface area contributed by atoms with Gasteiger partial charge in [-0.3, -0.25) is 9.59 Å². The maximum atomic E-state index is 13.8. The van der Waals surface area contributed by atoms with Gasteiger partial charge in [0.15, 0.2) is 5.01 Å². The number of hydrogen-bond acceptors (Lipinski definition) is 7. The number of nitrogen functional groups attached to an aromatic ring is 1. The van der Waals surface area contributed by atoms with Crippen LogP contribution >= 0.6 is 11.3 Å². The van der Waals surface area contributed by atoms with Crippen LogP contribution in [0.4, 0.5) is 19.0 Å². The number of rotatable bonds is 5. The highest BCUT2D eigenvalue weighted by Gasteiger charge is 2.38. The zero-order valence-electron chi connectivity index (χ0n) is 18.5. The van der Waals surface area contributed by atoms with Crippen LogP contribution in [0.25, 0.3) is 10.4 Å². The van der Waals surface area contributed by atoms with E-state index in [9.17, 15) is 27.9 Å². The molecule has 8 nitrogen and oxygen atoms in total. The van der Waals surface area contributed by atoms with Crippen molar-refractivity contribution in [3.63, 3.8) is 0 Å². The summed E-state index contributed by atoms with van der Waals surface area (Å²) in [6.07, 6.45) is -1.34. The van der Waals surface area contributed by atoms with Crippen LogP contribution in [-0.4, -0.2) is 56.5 Å². The van der Waals surface area contributed by atoms with Gasteiger partial charge >= 0.3 is 6.18 Å². The van der Waals surface area contributed by atoms with Crippen molar-refractivity contribution in [3.05, 3.63) is 28.5 Å². The minimum absolute atomic E-state index is 0.106. The predicted molar refractivity (Wildman–Crippen MR) is 118 cm³/mol. The molecule has 12 heteroatoms. The standard InChI is InChI=1S/C21H26F3N5O3S/c1-11-6-4-5-7-29(11)19(31)15-16(12-9-26-14(25)8-13(12)21(22,23)24)33-18(28-15)17(30)27-10-20(2,3)32/h8-9,11,32H,4-7,10H2,1-3H3,(H2,25,26)(H,27,30)/t11-/m0/s1. The van der Waals surface area contributed by atoms with E-state index in [-0.39, 0.29) is 39.5 Å². The number of halogens is 3. The number of nitrogens with zero attached hydrogens (tertiary/aromatic N) is 3. The molecule has 0 saturated carbocycles. The summed E-state index contributed by atoms with van der Waals surface area (Å²) in [7, 11) is 0. The van der Waals surface area contributed by atoms with Gasteiger partial charge in [-0.25, -0.2) is 9.97 Å². The lowest BCUT2D eigenvalue weighted by Gasteiger charge is -2.33. The third-order valence-electron chi connectivity index (χ3n) is 5.24. The van der Waals surface area contributed by atoms with Crippen LogP contribution in [0.3, 0.4) is 0 Å². The maximum absolute atomic E-state index is 13.8. The number of nitrogens with one attached hydrogen (secondary N) is 1. The topological polar surface area (TPSA) is 121 Å². The number of aromatic nitrogens is 2. The molecule has 3 rings (SSSR count). The fourth-order valence-electron chi connectivity index (χ4n) is 3.54. The van der Waals surface area contributed by atoms with E-state index in [1.54, 1.807) is 4.90 Å². The molecule has 2 amide bonds. The average Bonchev–Trinajstić information content (AvgIpc) is 3.16. The second-order valence-electron chi connectivity index (χ2n) is 8.69. The van der Waals surface area contributed by atoms with Crippen molar-refractivity contribution in [1.29, 1.82) is 0 Å². The van der Waals surface area contributed by atoms with E-state index in [2.05, 4.69) is 15.3 Å². The molecule has 0 aliphatic carbocycles. The largest absolute Gasteiger partial charge is 0.417 e. The Hall–Kier alpha value is -2.73. The van der Waals surface area contributed by atoms with Gasteiger partial charge in [0.1, 0.15) is 11.5 Å². The Morgan fingerprint density at radius 2 is 2.03 bits per heavy atom. The molecule has 1 aliphatic heterocycles. The molecule has 1 fully saturated rings. The number of piperidine rings is 1. The number of alkyl halides is 3. The first-order chi connectivity index (χ1) is 15.3. The highest BCUT2D eigenvalue weighted by atomic mass is 32.1. The molecule has 4 N–H and O–H groups in total. The smallest absolute Gasteiger partial charge is 0.389 e. The number of anilines is 1. The van der Waals surface area contributed by atoms with E-state index in [1.165, 1.54) is 13.8 Å². The van der Waals surface area contributed by atoms with Crippen molar-refractivity contribution in [2.24, 2.45) is 0 Å². The predicted octanol–water partition coefficient (Wildman–Crippen LogP) is 3.32. The van der Waals surface area contributed by atoms with Crippen LogP contribution in [0.1, 0.15) is 65.9 Å². The molecule has 1 saturated heterocycles. The Morgan fingerprint density at radius 3 is 2.64 bits per heavy atom. The molecular formula is C21H26F3N5O3S. The van der Waals surface area contributed by atoms with Crippen molar-refractivity contribution in [3.8, 4) is 10.4 Å². The molecule has 0 radical (unpaired) electrons. The molecule has 0 spiro atoms. The number of carbonyl (C=O) groups is 2. The molecular weight excluding hydrogens is 459 g/mol. The van der Waals surface area contributed by atoms with Gasteiger partial charge in [0.25, 0.3) is 11.8 Å². The Kier molecular flexibility index (Phi) is 6.99. The lowest BCUT2D eigenvalue weighted by atomic mass is 10.0. The molecule has 180 valence electrons. The van der Waals surface area contributed by atoms with Crippen molar-refractivity contribution in [1.82, 2.24) is 20.2 Å². The number of aliphatic hydroxyl groups is 1. The van der Waals surface area contributed by atoms with Crippen LogP contribution in [-0.2, 0) is 6.18 Å². The van der Waals surface area contributed by atoms with Crippen LogP contribution < -0.4 is 11.1 Å². The lowest BCUT2D eigenvalue weighted by Crippen LogP contribution is -2.42. The highest BCUT2D eigenvalue weighted by Crippen LogP contribution is 2.41. The molecule has 1 aliphatic rings. The van der Waals surface area contributed by atoms with Crippen LogP contribution in [0.2, 0.25) is 0 Å². The quantitative estimate of drug-likeness (QED) is 0.597. The van der Waals surface area contributed by atoms with E-state index < -0.39 is 29.2 Å². The normalized spacial score (nSPS) is 17.2. The zero-order chi connectivity index (χ0) is 24.6. The summed E-state index contributed by atoms with van der Waals surface area (Å²) in [5.41, 5.74) is 2.60.